The van der Waals surface area contributed by atoms with Gasteiger partial charge in [-0.3, -0.25) is 24.1 Å². The number of rotatable bonds is 7. The van der Waals surface area contributed by atoms with Gasteiger partial charge in [-0.25, -0.2) is 0 Å². The molecule has 1 heterocycles. The maximum Gasteiger partial charge on any atom is 0.309 e. The van der Waals surface area contributed by atoms with Crippen LogP contribution in [-0.4, -0.2) is 47.3 Å². The normalized spacial score (nSPS) is 15.7. The molecule has 1 atom stereocenters. The average Bonchev–Trinajstić information content (AvgIpc) is 2.74. The summed E-state index contributed by atoms with van der Waals surface area (Å²) in [6, 6.07) is 0. The number of nitrogens with zero attached hydrogens (tertiary/aromatic N) is 1. The number of nitrogens with one attached hydrogen (secondary N) is 1. The molecule has 1 aliphatic heterocycles. The highest BCUT2D eigenvalue weighted by molar-refractivity contribution is 6.12. The maximum atomic E-state index is 11.8. The van der Waals surface area contributed by atoms with Gasteiger partial charge >= 0.3 is 5.97 Å². The summed E-state index contributed by atoms with van der Waals surface area (Å²) in [6.07, 6.45) is 2.96. The first kappa shape index (κ1) is 18.9. The van der Waals surface area contributed by atoms with Crippen molar-refractivity contribution in [1.29, 1.82) is 0 Å². The predicted molar refractivity (Wildman–Crippen MR) is 83.1 cm³/mol. The van der Waals surface area contributed by atoms with Crippen molar-refractivity contribution >= 4 is 23.7 Å². The Balaban J connectivity index is 2.23. The molecule has 7 nitrogen and oxygen atoms in total. The summed E-state index contributed by atoms with van der Waals surface area (Å²) in [4.78, 5) is 47.2. The minimum Gasteiger partial charge on any atom is -0.460 e. The monoisotopic (exact) mass is 324 g/mol. The van der Waals surface area contributed by atoms with Gasteiger partial charge in [-0.05, 0) is 27.2 Å². The van der Waals surface area contributed by atoms with E-state index in [0.29, 0.717) is 6.42 Å². The highest BCUT2D eigenvalue weighted by Crippen LogP contribution is 2.14. The molecule has 0 fully saturated rings. The lowest BCUT2D eigenvalue weighted by Gasteiger charge is -2.22. The molecule has 0 saturated heterocycles. The molecule has 0 aromatic rings. The molecule has 0 aromatic carbocycles. The molecule has 3 amide bonds. The summed E-state index contributed by atoms with van der Waals surface area (Å²) in [5.41, 5.74) is -0.545. The summed E-state index contributed by atoms with van der Waals surface area (Å²) < 4.78 is 5.24. The molecule has 0 unspecified atom stereocenters. The summed E-state index contributed by atoms with van der Waals surface area (Å²) >= 11 is 0. The van der Waals surface area contributed by atoms with E-state index in [1.54, 1.807) is 27.7 Å². The van der Waals surface area contributed by atoms with Crippen LogP contribution in [0.15, 0.2) is 12.2 Å². The van der Waals surface area contributed by atoms with E-state index >= 15 is 0 Å². The second-order valence-corrected chi connectivity index (χ2v) is 6.48. The van der Waals surface area contributed by atoms with Crippen molar-refractivity contribution in [2.75, 3.05) is 13.1 Å². The lowest BCUT2D eigenvalue weighted by atomic mass is 10.0. The molecule has 23 heavy (non-hydrogen) atoms. The molecule has 1 aliphatic rings. The fourth-order valence-electron chi connectivity index (χ4n) is 1.91. The third-order valence-corrected chi connectivity index (χ3v) is 3.17. The molecule has 1 N–H and O–H groups in total. The molecule has 0 radical (unpaired) electrons. The molecular formula is C16H24N2O5. The number of hydrogen-bond donors (Lipinski definition) is 1. The number of esters is 1. The second-order valence-electron chi connectivity index (χ2n) is 6.48. The van der Waals surface area contributed by atoms with Gasteiger partial charge < -0.3 is 10.1 Å². The summed E-state index contributed by atoms with van der Waals surface area (Å²) in [5, 5.41) is 2.63. The Hall–Kier alpha value is -2.18. The minimum absolute atomic E-state index is 0.137. The van der Waals surface area contributed by atoms with Gasteiger partial charge in [-0.15, -0.1) is 0 Å². The van der Waals surface area contributed by atoms with Gasteiger partial charge in [0.1, 0.15) is 5.60 Å². The third kappa shape index (κ3) is 6.63. The van der Waals surface area contributed by atoms with Crippen molar-refractivity contribution in [3.05, 3.63) is 12.2 Å². The third-order valence-electron chi connectivity index (χ3n) is 3.17. The number of hydrogen-bond acceptors (Lipinski definition) is 5. The zero-order chi connectivity index (χ0) is 17.6. The maximum absolute atomic E-state index is 11.8. The fourth-order valence-corrected chi connectivity index (χ4v) is 1.91. The first-order valence-electron chi connectivity index (χ1n) is 7.63. The SMILES string of the molecule is C[C@H](CCC(=O)NCCN1C(=O)C=CC1=O)C(=O)OC(C)(C)C. The van der Waals surface area contributed by atoms with Gasteiger partial charge in [-0.1, -0.05) is 6.92 Å². The highest BCUT2D eigenvalue weighted by Gasteiger charge is 2.24. The zero-order valence-corrected chi connectivity index (χ0v) is 14.0. The molecular weight excluding hydrogens is 300 g/mol. The Morgan fingerprint density at radius 3 is 2.30 bits per heavy atom. The van der Waals surface area contributed by atoms with Crippen molar-refractivity contribution in [3.63, 3.8) is 0 Å². The van der Waals surface area contributed by atoms with Crippen molar-refractivity contribution in [3.8, 4) is 0 Å². The Bertz CT molecular complexity index is 501. The smallest absolute Gasteiger partial charge is 0.309 e. The number of carbonyl (C=O) groups is 4. The van der Waals surface area contributed by atoms with Gasteiger partial charge in [0.15, 0.2) is 0 Å². The summed E-state index contributed by atoms with van der Waals surface area (Å²) in [7, 11) is 0. The van der Waals surface area contributed by atoms with E-state index in [1.807, 2.05) is 0 Å². The minimum atomic E-state index is -0.545. The fraction of sp³-hybridized carbons (Fsp3) is 0.625. The second kappa shape index (κ2) is 7.89. The van der Waals surface area contributed by atoms with Crippen LogP contribution in [0.5, 0.6) is 0 Å². The standard InChI is InChI=1S/C16H24N2O5/c1-11(15(22)23-16(2,3)4)5-6-12(19)17-9-10-18-13(20)7-8-14(18)21/h7-8,11H,5-6,9-10H2,1-4H3,(H,17,19)/t11-/m1/s1. The Morgan fingerprint density at radius 1 is 1.22 bits per heavy atom. The summed E-state index contributed by atoms with van der Waals surface area (Å²) in [5.74, 6) is -1.67. The summed E-state index contributed by atoms with van der Waals surface area (Å²) in [6.45, 7) is 7.42. The first-order chi connectivity index (χ1) is 10.6. The molecule has 128 valence electrons. The van der Waals surface area contributed by atoms with E-state index in [2.05, 4.69) is 5.32 Å². The van der Waals surface area contributed by atoms with Gasteiger partial charge in [0.05, 0.1) is 5.92 Å². The van der Waals surface area contributed by atoms with Crippen LogP contribution >= 0.6 is 0 Å². The Labute approximate surface area is 136 Å². The van der Waals surface area contributed by atoms with E-state index in [-0.39, 0.29) is 49.1 Å². The number of ether oxygens (including phenoxy) is 1. The van der Waals surface area contributed by atoms with Crippen LogP contribution in [0.4, 0.5) is 0 Å². The molecule has 0 aliphatic carbocycles. The van der Waals surface area contributed by atoms with Gasteiger partial charge in [0.25, 0.3) is 11.8 Å². The molecule has 0 saturated carbocycles. The van der Waals surface area contributed by atoms with Crippen LogP contribution in [0, 0.1) is 5.92 Å². The van der Waals surface area contributed by atoms with E-state index in [0.717, 1.165) is 4.90 Å². The van der Waals surface area contributed by atoms with Crippen LogP contribution in [-0.2, 0) is 23.9 Å². The lowest BCUT2D eigenvalue weighted by Crippen LogP contribution is -2.38. The predicted octanol–water partition coefficient (Wildman–Crippen LogP) is 0.786. The van der Waals surface area contributed by atoms with Crippen LogP contribution in [0.3, 0.4) is 0 Å². The van der Waals surface area contributed by atoms with Gasteiger partial charge in [-0.2, -0.15) is 0 Å². The molecule has 1 rings (SSSR count). The Morgan fingerprint density at radius 2 is 1.78 bits per heavy atom. The van der Waals surface area contributed by atoms with Crippen molar-refractivity contribution < 1.29 is 23.9 Å². The van der Waals surface area contributed by atoms with Crippen molar-refractivity contribution in [2.24, 2.45) is 5.92 Å². The van der Waals surface area contributed by atoms with E-state index in [1.165, 1.54) is 12.2 Å². The van der Waals surface area contributed by atoms with Gasteiger partial charge in [0.2, 0.25) is 5.91 Å². The lowest BCUT2D eigenvalue weighted by molar-refractivity contribution is -0.159. The van der Waals surface area contributed by atoms with E-state index in [9.17, 15) is 19.2 Å². The topological polar surface area (TPSA) is 92.8 Å². The molecule has 0 bridgehead atoms. The van der Waals surface area contributed by atoms with E-state index in [4.69, 9.17) is 4.74 Å². The van der Waals surface area contributed by atoms with Crippen LogP contribution in [0.25, 0.3) is 0 Å². The largest absolute Gasteiger partial charge is 0.460 e. The van der Waals surface area contributed by atoms with E-state index < -0.39 is 5.60 Å². The molecule has 0 aromatic heterocycles. The Kier molecular flexibility index (Phi) is 6.48. The van der Waals surface area contributed by atoms with Crippen LogP contribution in [0.2, 0.25) is 0 Å². The van der Waals surface area contributed by atoms with Crippen molar-refractivity contribution in [2.45, 2.75) is 46.1 Å². The quantitative estimate of drug-likeness (QED) is 0.552. The average molecular weight is 324 g/mol. The van der Waals surface area contributed by atoms with Crippen LogP contribution < -0.4 is 5.32 Å². The molecule has 0 spiro atoms. The number of carbonyl (C=O) groups excluding carboxylic acids is 4. The van der Waals surface area contributed by atoms with Gasteiger partial charge in [0, 0.05) is 31.7 Å². The molecule has 7 heteroatoms. The number of amides is 3. The van der Waals surface area contributed by atoms with Crippen molar-refractivity contribution in [1.82, 2.24) is 10.2 Å². The highest BCUT2D eigenvalue weighted by atomic mass is 16.6. The first-order valence-corrected chi connectivity index (χ1v) is 7.63. The zero-order valence-electron chi connectivity index (χ0n) is 14.0. The number of imide groups is 1. The van der Waals surface area contributed by atoms with Crippen LogP contribution in [0.1, 0.15) is 40.5 Å².